The van der Waals surface area contributed by atoms with Gasteiger partial charge >= 0.3 is 5.97 Å². The Labute approximate surface area is 147 Å². The highest BCUT2D eigenvalue weighted by Crippen LogP contribution is 2.35. The number of piperidine rings is 1. The Morgan fingerprint density at radius 1 is 1.28 bits per heavy atom. The van der Waals surface area contributed by atoms with Gasteiger partial charge in [-0.15, -0.1) is 0 Å². The SMILES string of the molecule is COc1ccc(C(C(=O)O)N2CCOC3(CCNCC3)C2)cc1OC. The quantitative estimate of drug-likeness (QED) is 0.828. The van der Waals surface area contributed by atoms with E-state index < -0.39 is 12.0 Å². The fourth-order valence-corrected chi connectivity index (χ4v) is 3.81. The van der Waals surface area contributed by atoms with Crippen LogP contribution in [-0.4, -0.2) is 68.6 Å². The van der Waals surface area contributed by atoms with E-state index in [9.17, 15) is 9.90 Å². The number of nitrogens with zero attached hydrogens (tertiary/aromatic N) is 1. The van der Waals surface area contributed by atoms with E-state index in [-0.39, 0.29) is 5.60 Å². The van der Waals surface area contributed by atoms with Gasteiger partial charge in [-0.2, -0.15) is 0 Å². The van der Waals surface area contributed by atoms with Crippen LogP contribution in [0.4, 0.5) is 0 Å². The van der Waals surface area contributed by atoms with Gasteiger partial charge in [0.25, 0.3) is 0 Å². The minimum Gasteiger partial charge on any atom is -0.493 e. The number of benzene rings is 1. The highest BCUT2D eigenvalue weighted by atomic mass is 16.5. The molecule has 7 heteroatoms. The van der Waals surface area contributed by atoms with Crippen molar-refractivity contribution in [1.82, 2.24) is 10.2 Å². The molecule has 25 heavy (non-hydrogen) atoms. The smallest absolute Gasteiger partial charge is 0.325 e. The van der Waals surface area contributed by atoms with Crippen molar-refractivity contribution in [2.45, 2.75) is 24.5 Å². The predicted octanol–water partition coefficient (Wildman–Crippen LogP) is 1.28. The second-order valence-corrected chi connectivity index (χ2v) is 6.61. The van der Waals surface area contributed by atoms with Crippen LogP contribution in [0.25, 0.3) is 0 Å². The Balaban J connectivity index is 1.87. The van der Waals surface area contributed by atoms with Gasteiger partial charge in [-0.05, 0) is 43.6 Å². The maximum atomic E-state index is 12.1. The van der Waals surface area contributed by atoms with Gasteiger partial charge in [0, 0.05) is 13.1 Å². The number of rotatable bonds is 5. The van der Waals surface area contributed by atoms with Crippen LogP contribution in [0.3, 0.4) is 0 Å². The summed E-state index contributed by atoms with van der Waals surface area (Å²) in [5.41, 5.74) is 0.449. The highest BCUT2D eigenvalue weighted by Gasteiger charge is 2.41. The lowest BCUT2D eigenvalue weighted by Gasteiger charge is -2.46. The Kier molecular flexibility index (Phi) is 5.46. The van der Waals surface area contributed by atoms with Crippen LogP contribution in [0.5, 0.6) is 11.5 Å². The van der Waals surface area contributed by atoms with E-state index in [4.69, 9.17) is 14.2 Å². The third-order valence-electron chi connectivity index (χ3n) is 5.12. The van der Waals surface area contributed by atoms with Gasteiger partial charge in [-0.25, -0.2) is 0 Å². The van der Waals surface area contributed by atoms with E-state index in [1.54, 1.807) is 32.4 Å². The number of hydrogen-bond acceptors (Lipinski definition) is 6. The molecule has 2 fully saturated rings. The fraction of sp³-hybridized carbons (Fsp3) is 0.611. The first-order valence-corrected chi connectivity index (χ1v) is 8.62. The molecule has 2 aliphatic heterocycles. The molecular formula is C18H26N2O5. The first-order chi connectivity index (χ1) is 12.1. The second kappa shape index (κ2) is 7.59. The maximum Gasteiger partial charge on any atom is 0.325 e. The average Bonchev–Trinajstić information content (AvgIpc) is 2.62. The molecule has 0 radical (unpaired) electrons. The van der Waals surface area contributed by atoms with Gasteiger partial charge in [0.15, 0.2) is 11.5 Å². The number of morpholine rings is 1. The molecule has 2 heterocycles. The number of carbonyl (C=O) groups is 1. The first kappa shape index (κ1) is 18.0. The monoisotopic (exact) mass is 350 g/mol. The summed E-state index contributed by atoms with van der Waals surface area (Å²) in [4.78, 5) is 14.1. The number of nitrogens with one attached hydrogen (secondary N) is 1. The van der Waals surface area contributed by atoms with Crippen LogP contribution in [0.15, 0.2) is 18.2 Å². The molecule has 2 N–H and O–H groups in total. The van der Waals surface area contributed by atoms with Crippen molar-refractivity contribution in [2.24, 2.45) is 0 Å². The summed E-state index contributed by atoms with van der Waals surface area (Å²) < 4.78 is 16.7. The summed E-state index contributed by atoms with van der Waals surface area (Å²) in [7, 11) is 3.12. The summed E-state index contributed by atoms with van der Waals surface area (Å²) in [5, 5.41) is 13.2. The van der Waals surface area contributed by atoms with Gasteiger partial charge in [0.2, 0.25) is 0 Å². The van der Waals surface area contributed by atoms with Crippen molar-refractivity contribution in [3.05, 3.63) is 23.8 Å². The molecule has 0 aliphatic carbocycles. The lowest BCUT2D eigenvalue weighted by atomic mass is 9.89. The van der Waals surface area contributed by atoms with Crippen molar-refractivity contribution in [3.8, 4) is 11.5 Å². The number of carboxylic acids is 1. The molecule has 138 valence electrons. The molecule has 3 rings (SSSR count). The number of aliphatic carboxylic acids is 1. The molecule has 0 aromatic heterocycles. The molecule has 1 spiro atoms. The molecule has 1 atom stereocenters. The van der Waals surface area contributed by atoms with Crippen LogP contribution in [0.1, 0.15) is 24.4 Å². The highest BCUT2D eigenvalue weighted by molar-refractivity contribution is 5.76. The zero-order valence-corrected chi connectivity index (χ0v) is 14.8. The number of hydrogen-bond donors (Lipinski definition) is 2. The largest absolute Gasteiger partial charge is 0.493 e. The first-order valence-electron chi connectivity index (χ1n) is 8.62. The van der Waals surface area contributed by atoms with Crippen molar-refractivity contribution < 1.29 is 24.1 Å². The van der Waals surface area contributed by atoms with Crippen LogP contribution in [0, 0.1) is 0 Å². The minimum absolute atomic E-state index is 0.242. The van der Waals surface area contributed by atoms with Crippen LogP contribution in [0.2, 0.25) is 0 Å². The Morgan fingerprint density at radius 2 is 2.00 bits per heavy atom. The van der Waals surface area contributed by atoms with E-state index in [0.717, 1.165) is 25.9 Å². The normalized spacial score (nSPS) is 21.7. The van der Waals surface area contributed by atoms with E-state index in [1.807, 2.05) is 4.90 Å². The lowest BCUT2D eigenvalue weighted by Crippen LogP contribution is -2.57. The summed E-state index contributed by atoms with van der Waals surface area (Å²) >= 11 is 0. The van der Waals surface area contributed by atoms with Crippen molar-refractivity contribution >= 4 is 5.97 Å². The summed E-state index contributed by atoms with van der Waals surface area (Å²) in [5.74, 6) is 0.265. The molecule has 2 saturated heterocycles. The van der Waals surface area contributed by atoms with E-state index in [2.05, 4.69) is 5.32 Å². The molecular weight excluding hydrogens is 324 g/mol. The van der Waals surface area contributed by atoms with Crippen LogP contribution >= 0.6 is 0 Å². The molecule has 0 saturated carbocycles. The standard InChI is InChI=1S/C18H26N2O5/c1-23-14-4-3-13(11-15(14)24-2)16(17(21)22)20-9-10-25-18(12-20)5-7-19-8-6-18/h3-4,11,16,19H,5-10,12H2,1-2H3,(H,21,22). The molecule has 1 aromatic rings. The zero-order chi connectivity index (χ0) is 17.9. The average molecular weight is 350 g/mol. The zero-order valence-electron chi connectivity index (χ0n) is 14.8. The number of carboxylic acid groups (broad SMARTS) is 1. The van der Waals surface area contributed by atoms with Gasteiger partial charge in [0.05, 0.1) is 26.4 Å². The molecule has 1 aromatic carbocycles. The summed E-state index contributed by atoms with van der Waals surface area (Å²) in [6.07, 6.45) is 1.81. The molecule has 0 amide bonds. The number of methoxy groups -OCH3 is 2. The van der Waals surface area contributed by atoms with Crippen molar-refractivity contribution in [1.29, 1.82) is 0 Å². The topological polar surface area (TPSA) is 80.3 Å². The molecule has 2 aliphatic rings. The lowest BCUT2D eigenvalue weighted by molar-refractivity contribution is -0.158. The van der Waals surface area contributed by atoms with Gasteiger partial charge in [0.1, 0.15) is 6.04 Å². The fourth-order valence-electron chi connectivity index (χ4n) is 3.81. The Bertz CT molecular complexity index is 610. The number of ether oxygens (including phenoxy) is 3. The third-order valence-corrected chi connectivity index (χ3v) is 5.12. The van der Waals surface area contributed by atoms with E-state index in [0.29, 0.717) is 36.8 Å². The van der Waals surface area contributed by atoms with E-state index in [1.165, 1.54) is 0 Å². The molecule has 1 unspecified atom stereocenters. The Hall–Kier alpha value is -1.83. The second-order valence-electron chi connectivity index (χ2n) is 6.61. The van der Waals surface area contributed by atoms with Crippen LogP contribution in [-0.2, 0) is 9.53 Å². The minimum atomic E-state index is -0.863. The van der Waals surface area contributed by atoms with Crippen LogP contribution < -0.4 is 14.8 Å². The maximum absolute atomic E-state index is 12.1. The van der Waals surface area contributed by atoms with Gasteiger partial charge in [-0.3, -0.25) is 9.69 Å². The Morgan fingerprint density at radius 3 is 2.64 bits per heavy atom. The molecule has 7 nitrogen and oxygen atoms in total. The molecule has 0 bridgehead atoms. The van der Waals surface area contributed by atoms with Gasteiger partial charge in [-0.1, -0.05) is 6.07 Å². The summed E-state index contributed by atoms with van der Waals surface area (Å²) in [6, 6.07) is 4.58. The van der Waals surface area contributed by atoms with Crippen molar-refractivity contribution in [2.75, 3.05) is 47.0 Å². The van der Waals surface area contributed by atoms with Gasteiger partial charge < -0.3 is 24.6 Å². The van der Waals surface area contributed by atoms with Crippen molar-refractivity contribution in [3.63, 3.8) is 0 Å². The van der Waals surface area contributed by atoms with E-state index >= 15 is 0 Å². The third kappa shape index (κ3) is 3.73. The predicted molar refractivity (Wildman–Crippen MR) is 92.3 cm³/mol. The summed E-state index contributed by atoms with van der Waals surface area (Å²) in [6.45, 7) is 3.58.